The van der Waals surface area contributed by atoms with E-state index in [2.05, 4.69) is 10.1 Å². The average Bonchev–Trinajstić information content (AvgIpc) is 2.90. The van der Waals surface area contributed by atoms with Gasteiger partial charge in [0.05, 0.1) is 19.6 Å². The van der Waals surface area contributed by atoms with Crippen LogP contribution in [0.4, 0.5) is 0 Å². The lowest BCUT2D eigenvalue weighted by Crippen LogP contribution is -2.37. The molecule has 2 amide bonds. The number of likely N-dealkylation sites (tertiary alicyclic amines) is 1. The first-order valence-corrected chi connectivity index (χ1v) is 8.24. The molecule has 1 saturated heterocycles. The number of ether oxygens (including phenoxy) is 1. The van der Waals surface area contributed by atoms with Crippen LogP contribution in [0, 0.1) is 0 Å². The highest BCUT2D eigenvalue weighted by Gasteiger charge is 2.30. The summed E-state index contributed by atoms with van der Waals surface area (Å²) in [6, 6.07) is 7.34. The predicted octanol–water partition coefficient (Wildman–Crippen LogP) is 1.55. The van der Waals surface area contributed by atoms with Crippen LogP contribution in [0.2, 0.25) is 5.02 Å². The number of hydrogen-bond donors (Lipinski definition) is 1. The Bertz CT molecular complexity index is 620. The van der Waals surface area contributed by atoms with Crippen LogP contribution >= 0.6 is 11.6 Å². The predicted molar refractivity (Wildman–Crippen MR) is 89.5 cm³/mol. The molecule has 1 unspecified atom stereocenters. The summed E-state index contributed by atoms with van der Waals surface area (Å²) < 4.78 is 4.50. The van der Waals surface area contributed by atoms with Crippen LogP contribution in [0.25, 0.3) is 0 Å². The van der Waals surface area contributed by atoms with Crippen molar-refractivity contribution in [3.05, 3.63) is 34.9 Å². The van der Waals surface area contributed by atoms with E-state index < -0.39 is 5.97 Å². The normalized spacial score (nSPS) is 17.0. The van der Waals surface area contributed by atoms with E-state index >= 15 is 0 Å². The number of amides is 2. The van der Waals surface area contributed by atoms with Gasteiger partial charge in [-0.15, -0.1) is 0 Å². The highest BCUT2D eigenvalue weighted by molar-refractivity contribution is 6.30. The zero-order chi connectivity index (χ0) is 17.5. The molecule has 24 heavy (non-hydrogen) atoms. The molecule has 0 spiro atoms. The Kier molecular flexibility index (Phi) is 6.61. The Morgan fingerprint density at radius 2 is 2.17 bits per heavy atom. The Hall–Kier alpha value is -2.08. The maximum Gasteiger partial charge on any atom is 0.306 e. The third-order valence-corrected chi connectivity index (χ3v) is 4.16. The van der Waals surface area contributed by atoms with Gasteiger partial charge >= 0.3 is 5.97 Å². The lowest BCUT2D eigenvalue weighted by Gasteiger charge is -2.17. The van der Waals surface area contributed by atoms with E-state index in [1.54, 1.807) is 4.90 Å². The largest absolute Gasteiger partial charge is 0.469 e. The Labute approximate surface area is 146 Å². The van der Waals surface area contributed by atoms with Crippen LogP contribution in [-0.4, -0.2) is 48.9 Å². The van der Waals surface area contributed by atoms with Crippen LogP contribution in [-0.2, 0) is 25.5 Å². The van der Waals surface area contributed by atoms with Gasteiger partial charge in [0.1, 0.15) is 0 Å². The molecule has 0 saturated carbocycles. The van der Waals surface area contributed by atoms with E-state index in [4.69, 9.17) is 11.6 Å². The van der Waals surface area contributed by atoms with Crippen molar-refractivity contribution >= 4 is 29.4 Å². The smallest absolute Gasteiger partial charge is 0.306 e. The van der Waals surface area contributed by atoms with Gasteiger partial charge in [-0.25, -0.2) is 0 Å². The molecule has 130 valence electrons. The number of halogens is 1. The van der Waals surface area contributed by atoms with E-state index in [-0.39, 0.29) is 30.7 Å². The van der Waals surface area contributed by atoms with E-state index in [9.17, 15) is 14.4 Å². The molecular formula is C17H21ClN2O4. The van der Waals surface area contributed by atoms with Crippen molar-refractivity contribution in [2.45, 2.75) is 31.7 Å². The molecule has 1 fully saturated rings. The Morgan fingerprint density at radius 1 is 1.38 bits per heavy atom. The summed E-state index contributed by atoms with van der Waals surface area (Å²) in [5.41, 5.74) is 1.07. The van der Waals surface area contributed by atoms with Gasteiger partial charge in [0, 0.05) is 31.0 Å². The van der Waals surface area contributed by atoms with Crippen LogP contribution in [0.5, 0.6) is 0 Å². The highest BCUT2D eigenvalue weighted by Crippen LogP contribution is 2.15. The van der Waals surface area contributed by atoms with Gasteiger partial charge in [-0.2, -0.15) is 0 Å². The zero-order valence-corrected chi connectivity index (χ0v) is 14.3. The number of esters is 1. The molecule has 1 N–H and O–H groups in total. The van der Waals surface area contributed by atoms with Gasteiger partial charge < -0.3 is 15.0 Å². The minimum Gasteiger partial charge on any atom is -0.469 e. The number of hydrogen-bond acceptors (Lipinski definition) is 4. The number of nitrogens with zero attached hydrogens (tertiary/aromatic N) is 1. The van der Waals surface area contributed by atoms with E-state index in [1.807, 2.05) is 24.3 Å². The third-order valence-electron chi connectivity index (χ3n) is 3.92. The number of carbonyl (C=O) groups excluding carboxylic acids is 3. The van der Waals surface area contributed by atoms with Crippen molar-refractivity contribution in [3.8, 4) is 0 Å². The summed E-state index contributed by atoms with van der Waals surface area (Å²) in [7, 11) is 1.29. The molecule has 2 rings (SSSR count). The maximum atomic E-state index is 12.0. The summed E-state index contributed by atoms with van der Waals surface area (Å²) in [5.74, 6) is -0.638. The molecule has 1 aliphatic rings. The van der Waals surface area contributed by atoms with Gasteiger partial charge in [-0.05, 0) is 24.1 Å². The van der Waals surface area contributed by atoms with Crippen molar-refractivity contribution in [2.24, 2.45) is 0 Å². The molecule has 0 bridgehead atoms. The Morgan fingerprint density at radius 3 is 2.88 bits per heavy atom. The number of rotatable bonds is 7. The maximum absolute atomic E-state index is 12.0. The van der Waals surface area contributed by atoms with Crippen molar-refractivity contribution in [3.63, 3.8) is 0 Å². The SMILES string of the molecule is COC(=O)CCC(=O)NC1CC(=O)N(CCc2cccc(Cl)c2)C1. The molecule has 6 nitrogen and oxygen atoms in total. The molecule has 1 aromatic carbocycles. The zero-order valence-electron chi connectivity index (χ0n) is 13.6. The molecule has 0 aliphatic carbocycles. The average molecular weight is 353 g/mol. The van der Waals surface area contributed by atoms with Crippen molar-refractivity contribution in [1.82, 2.24) is 10.2 Å². The van der Waals surface area contributed by atoms with Crippen molar-refractivity contribution < 1.29 is 19.1 Å². The first kappa shape index (κ1) is 18.3. The molecule has 0 radical (unpaired) electrons. The summed E-state index contributed by atoms with van der Waals surface area (Å²) in [4.78, 5) is 36.6. The van der Waals surface area contributed by atoms with Gasteiger partial charge in [0.15, 0.2) is 0 Å². The molecule has 1 atom stereocenters. The van der Waals surface area contributed by atoms with Crippen LogP contribution in [0.15, 0.2) is 24.3 Å². The van der Waals surface area contributed by atoms with Gasteiger partial charge in [-0.3, -0.25) is 14.4 Å². The molecule has 1 aromatic rings. The van der Waals surface area contributed by atoms with Crippen LogP contribution in [0.1, 0.15) is 24.8 Å². The summed E-state index contributed by atoms with van der Waals surface area (Å²) in [6.07, 6.45) is 1.12. The second-order valence-electron chi connectivity index (χ2n) is 5.76. The minimum absolute atomic E-state index is 0.0234. The van der Waals surface area contributed by atoms with E-state index in [0.29, 0.717) is 24.5 Å². The Balaban J connectivity index is 1.76. The number of methoxy groups -OCH3 is 1. The van der Waals surface area contributed by atoms with Gasteiger partial charge in [0.25, 0.3) is 0 Å². The van der Waals surface area contributed by atoms with E-state index in [1.165, 1.54) is 7.11 Å². The van der Waals surface area contributed by atoms with Gasteiger partial charge in [-0.1, -0.05) is 23.7 Å². The fourth-order valence-corrected chi connectivity index (χ4v) is 2.87. The number of benzene rings is 1. The second-order valence-corrected chi connectivity index (χ2v) is 6.20. The molecule has 1 heterocycles. The van der Waals surface area contributed by atoms with Crippen molar-refractivity contribution in [1.29, 1.82) is 0 Å². The lowest BCUT2D eigenvalue weighted by atomic mass is 10.1. The van der Waals surface area contributed by atoms with E-state index in [0.717, 1.165) is 12.0 Å². The quantitative estimate of drug-likeness (QED) is 0.755. The topological polar surface area (TPSA) is 75.7 Å². The van der Waals surface area contributed by atoms with Crippen molar-refractivity contribution in [2.75, 3.05) is 20.2 Å². The fraction of sp³-hybridized carbons (Fsp3) is 0.471. The fourth-order valence-electron chi connectivity index (χ4n) is 2.66. The molecule has 1 aliphatic heterocycles. The third kappa shape index (κ3) is 5.53. The first-order valence-electron chi connectivity index (χ1n) is 7.86. The second kappa shape index (κ2) is 8.68. The first-order chi connectivity index (χ1) is 11.5. The number of carbonyl (C=O) groups is 3. The summed E-state index contributed by atoms with van der Waals surface area (Å²) in [5, 5.41) is 3.47. The molecule has 7 heteroatoms. The van der Waals surface area contributed by atoms with Gasteiger partial charge in [0.2, 0.25) is 11.8 Å². The van der Waals surface area contributed by atoms with Crippen LogP contribution < -0.4 is 5.32 Å². The molecular weight excluding hydrogens is 332 g/mol. The monoisotopic (exact) mass is 352 g/mol. The minimum atomic E-state index is -0.421. The standard InChI is InChI=1S/C17H21ClN2O4/c1-24-17(23)6-5-15(21)19-14-10-16(22)20(11-14)8-7-12-3-2-4-13(18)9-12/h2-4,9,14H,5-8,10-11H2,1H3,(H,19,21). The summed E-state index contributed by atoms with van der Waals surface area (Å²) in [6.45, 7) is 1.08. The number of nitrogens with one attached hydrogen (secondary N) is 1. The summed E-state index contributed by atoms with van der Waals surface area (Å²) >= 11 is 5.95. The lowest BCUT2D eigenvalue weighted by molar-refractivity contribution is -0.142. The highest BCUT2D eigenvalue weighted by atomic mass is 35.5. The van der Waals surface area contributed by atoms with Crippen LogP contribution in [0.3, 0.4) is 0 Å². The molecule has 0 aromatic heterocycles.